The second-order valence-electron chi connectivity index (χ2n) is 6.51. The Balaban J connectivity index is 0.000000370. The fourth-order valence-electron chi connectivity index (χ4n) is 2.71. The lowest BCUT2D eigenvalue weighted by Gasteiger charge is -2.23. The first-order valence-corrected chi connectivity index (χ1v) is 8.99. The molecule has 0 aliphatic carbocycles. The van der Waals surface area contributed by atoms with Crippen molar-refractivity contribution in [1.29, 1.82) is 0 Å². The van der Waals surface area contributed by atoms with Gasteiger partial charge in [-0.25, -0.2) is 9.78 Å². The van der Waals surface area contributed by atoms with E-state index >= 15 is 0 Å². The number of nitrogens with one attached hydrogen (secondary N) is 1. The fourth-order valence-corrected chi connectivity index (χ4v) is 2.71. The second-order valence-corrected chi connectivity index (χ2v) is 6.51. The van der Waals surface area contributed by atoms with Gasteiger partial charge in [0.05, 0.1) is 6.07 Å². The molecule has 1 fully saturated rings. The number of halogens is 3. The highest BCUT2D eigenvalue weighted by atomic mass is 19.4. The lowest BCUT2D eigenvalue weighted by Crippen LogP contribution is -2.34. The summed E-state index contributed by atoms with van der Waals surface area (Å²) in [6.07, 6.45) is -1.16. The number of alkyl halides is 3. The molecule has 29 heavy (non-hydrogen) atoms. The molecule has 0 radical (unpaired) electrons. The molecule has 1 aliphatic rings. The minimum atomic E-state index is -5.08. The molecule has 2 heterocycles. The van der Waals surface area contributed by atoms with E-state index in [2.05, 4.69) is 10.3 Å². The van der Waals surface area contributed by atoms with Crippen molar-refractivity contribution in [2.24, 2.45) is 5.92 Å². The van der Waals surface area contributed by atoms with E-state index in [-0.39, 0.29) is 5.56 Å². The van der Waals surface area contributed by atoms with Gasteiger partial charge >= 0.3 is 12.1 Å². The van der Waals surface area contributed by atoms with Crippen LogP contribution < -0.4 is 15.6 Å². The Hall–Kier alpha value is -2.88. The Labute approximate surface area is 165 Å². The van der Waals surface area contributed by atoms with E-state index < -0.39 is 12.1 Å². The van der Waals surface area contributed by atoms with Crippen LogP contribution in [0.15, 0.2) is 47.5 Å². The highest BCUT2D eigenvalue weighted by Gasteiger charge is 2.38. The molecule has 2 aromatic rings. The van der Waals surface area contributed by atoms with Gasteiger partial charge in [-0.3, -0.25) is 9.36 Å². The zero-order valence-electron chi connectivity index (χ0n) is 15.6. The second kappa shape index (κ2) is 10.6. The average molecular weight is 413 g/mol. The van der Waals surface area contributed by atoms with Crippen LogP contribution in [-0.4, -0.2) is 39.9 Å². The highest BCUT2D eigenvalue weighted by molar-refractivity contribution is 5.73. The van der Waals surface area contributed by atoms with E-state index in [1.807, 2.05) is 30.3 Å². The molecule has 0 saturated carbocycles. The van der Waals surface area contributed by atoms with Gasteiger partial charge < -0.3 is 15.2 Å². The molecular weight excluding hydrogens is 391 g/mol. The van der Waals surface area contributed by atoms with Crippen molar-refractivity contribution in [2.75, 3.05) is 13.1 Å². The van der Waals surface area contributed by atoms with Crippen molar-refractivity contribution in [3.05, 3.63) is 58.6 Å². The van der Waals surface area contributed by atoms with Gasteiger partial charge in [0.2, 0.25) is 5.88 Å². The fraction of sp³-hybridized carbons (Fsp3) is 0.421. The lowest BCUT2D eigenvalue weighted by molar-refractivity contribution is -0.192. The maximum Gasteiger partial charge on any atom is 0.490 e. The number of aromatic nitrogens is 2. The molecule has 1 aromatic heterocycles. The van der Waals surface area contributed by atoms with Gasteiger partial charge in [0, 0.05) is 6.54 Å². The third-order valence-corrected chi connectivity index (χ3v) is 4.18. The van der Waals surface area contributed by atoms with Gasteiger partial charge in [-0.15, -0.1) is 0 Å². The SMILES string of the molecule is O=C(O)C(F)(F)F.O=c1cc(OCc2ccccc2)ncn1CC1CCCNC1. The molecule has 1 aromatic carbocycles. The molecule has 158 valence electrons. The van der Waals surface area contributed by atoms with Crippen LogP contribution in [0.3, 0.4) is 0 Å². The maximum absolute atomic E-state index is 12.1. The molecule has 3 rings (SSSR count). The summed E-state index contributed by atoms with van der Waals surface area (Å²) >= 11 is 0. The topological polar surface area (TPSA) is 93.4 Å². The number of piperidine rings is 1. The van der Waals surface area contributed by atoms with E-state index in [1.54, 1.807) is 10.9 Å². The van der Waals surface area contributed by atoms with Crippen LogP contribution in [0.25, 0.3) is 0 Å². The van der Waals surface area contributed by atoms with Gasteiger partial charge in [-0.2, -0.15) is 13.2 Å². The maximum atomic E-state index is 12.1. The Morgan fingerprint density at radius 3 is 2.55 bits per heavy atom. The first-order chi connectivity index (χ1) is 13.8. The number of carboxylic acid groups (broad SMARTS) is 1. The van der Waals surface area contributed by atoms with Crippen LogP contribution in [0, 0.1) is 5.92 Å². The zero-order chi connectivity index (χ0) is 21.3. The van der Waals surface area contributed by atoms with Gasteiger partial charge in [0.1, 0.15) is 12.9 Å². The average Bonchev–Trinajstić information content (AvgIpc) is 2.70. The van der Waals surface area contributed by atoms with E-state index in [0.29, 0.717) is 18.4 Å². The van der Waals surface area contributed by atoms with E-state index in [4.69, 9.17) is 14.6 Å². The summed E-state index contributed by atoms with van der Waals surface area (Å²) in [5, 5.41) is 10.5. The predicted octanol–water partition coefficient (Wildman–Crippen LogP) is 2.46. The summed E-state index contributed by atoms with van der Waals surface area (Å²) in [6, 6.07) is 11.3. The summed E-state index contributed by atoms with van der Waals surface area (Å²) in [5.74, 6) is -1.87. The molecule has 10 heteroatoms. The van der Waals surface area contributed by atoms with Crippen LogP contribution in [0.5, 0.6) is 5.88 Å². The predicted molar refractivity (Wildman–Crippen MR) is 98.6 cm³/mol. The number of benzene rings is 1. The molecular formula is C19H22F3N3O4. The monoisotopic (exact) mass is 413 g/mol. The number of hydrogen-bond donors (Lipinski definition) is 2. The molecule has 2 N–H and O–H groups in total. The van der Waals surface area contributed by atoms with Crippen molar-refractivity contribution in [3.8, 4) is 5.88 Å². The standard InChI is InChI=1S/C17H21N3O2.C2HF3O2/c21-17-9-16(22-12-14-5-2-1-3-6-14)19-13-20(17)11-15-7-4-8-18-10-15;3-2(4,5)1(6)7/h1-3,5-6,9,13,15,18H,4,7-8,10-12H2;(H,6,7). The van der Waals surface area contributed by atoms with Crippen LogP contribution >= 0.6 is 0 Å². The van der Waals surface area contributed by atoms with Crippen molar-refractivity contribution in [2.45, 2.75) is 32.2 Å². The number of aliphatic carboxylic acids is 1. The summed E-state index contributed by atoms with van der Waals surface area (Å²) in [6.45, 7) is 3.19. The number of ether oxygens (including phenoxy) is 1. The number of carboxylic acids is 1. The van der Waals surface area contributed by atoms with Crippen LogP contribution in [0.2, 0.25) is 0 Å². The van der Waals surface area contributed by atoms with E-state index in [9.17, 15) is 18.0 Å². The lowest BCUT2D eigenvalue weighted by atomic mass is 10.00. The van der Waals surface area contributed by atoms with Crippen molar-refractivity contribution < 1.29 is 27.8 Å². The molecule has 1 unspecified atom stereocenters. The molecule has 0 amide bonds. The summed E-state index contributed by atoms with van der Waals surface area (Å²) < 4.78 is 39.0. The third-order valence-electron chi connectivity index (χ3n) is 4.18. The van der Waals surface area contributed by atoms with Crippen molar-refractivity contribution in [1.82, 2.24) is 14.9 Å². The smallest absolute Gasteiger partial charge is 0.475 e. The first-order valence-electron chi connectivity index (χ1n) is 8.99. The van der Waals surface area contributed by atoms with Crippen LogP contribution in [0.4, 0.5) is 13.2 Å². The quantitative estimate of drug-likeness (QED) is 0.782. The molecule has 1 aliphatic heterocycles. The van der Waals surface area contributed by atoms with Gasteiger partial charge in [-0.05, 0) is 37.4 Å². The number of carbonyl (C=O) groups is 1. The molecule has 1 atom stereocenters. The summed E-state index contributed by atoms with van der Waals surface area (Å²) in [4.78, 5) is 25.3. The number of rotatable bonds is 5. The molecule has 0 bridgehead atoms. The number of hydrogen-bond acceptors (Lipinski definition) is 5. The van der Waals surface area contributed by atoms with E-state index in [0.717, 1.165) is 31.6 Å². The number of nitrogens with zero attached hydrogens (tertiary/aromatic N) is 2. The minimum Gasteiger partial charge on any atom is -0.475 e. The Morgan fingerprint density at radius 2 is 2.00 bits per heavy atom. The van der Waals surface area contributed by atoms with Gasteiger partial charge in [0.25, 0.3) is 5.56 Å². The summed E-state index contributed by atoms with van der Waals surface area (Å²) in [5.41, 5.74) is 1.00. The molecule has 0 spiro atoms. The Bertz CT molecular complexity index is 835. The highest BCUT2D eigenvalue weighted by Crippen LogP contribution is 2.13. The van der Waals surface area contributed by atoms with Crippen molar-refractivity contribution in [3.63, 3.8) is 0 Å². The van der Waals surface area contributed by atoms with Gasteiger partial charge in [-0.1, -0.05) is 30.3 Å². The summed E-state index contributed by atoms with van der Waals surface area (Å²) in [7, 11) is 0. The third kappa shape index (κ3) is 7.94. The normalized spacial score (nSPS) is 16.4. The largest absolute Gasteiger partial charge is 0.490 e. The Kier molecular flexibility index (Phi) is 8.20. The van der Waals surface area contributed by atoms with Crippen LogP contribution in [0.1, 0.15) is 18.4 Å². The van der Waals surface area contributed by atoms with Gasteiger partial charge in [0.15, 0.2) is 0 Å². The van der Waals surface area contributed by atoms with E-state index in [1.165, 1.54) is 12.5 Å². The molecule has 7 nitrogen and oxygen atoms in total. The van der Waals surface area contributed by atoms with Crippen LogP contribution in [-0.2, 0) is 17.9 Å². The minimum absolute atomic E-state index is 0.0522. The zero-order valence-corrected chi connectivity index (χ0v) is 15.6. The molecule has 1 saturated heterocycles. The van der Waals surface area contributed by atoms with Crippen molar-refractivity contribution >= 4 is 5.97 Å². The Morgan fingerprint density at radius 1 is 1.31 bits per heavy atom. The first kappa shape index (κ1) is 22.4.